The maximum absolute atomic E-state index is 13.5. The highest BCUT2D eigenvalue weighted by Gasteiger charge is 2.38. The van der Waals surface area contributed by atoms with E-state index in [2.05, 4.69) is 0 Å². The molecule has 5 heteroatoms. The molecule has 1 atom stereocenters. The number of carboxylic acids is 1. The van der Waals surface area contributed by atoms with Gasteiger partial charge in [-0.2, -0.15) is 0 Å². The summed E-state index contributed by atoms with van der Waals surface area (Å²) in [6.07, 6.45) is -0.462. The van der Waals surface area contributed by atoms with E-state index in [4.69, 9.17) is 9.84 Å². The van der Waals surface area contributed by atoms with Crippen molar-refractivity contribution in [3.63, 3.8) is 0 Å². The summed E-state index contributed by atoms with van der Waals surface area (Å²) in [5.41, 5.74) is -2.65. The number of carbonyl (C=O) groups excluding carboxylic acids is 1. The summed E-state index contributed by atoms with van der Waals surface area (Å²) in [4.78, 5) is 22.2. The number of carbonyl (C=O) groups is 2. The van der Waals surface area contributed by atoms with Gasteiger partial charge < -0.3 is 9.84 Å². The highest BCUT2D eigenvalue weighted by molar-refractivity contribution is 5.79. The number of esters is 1. The quantitative estimate of drug-likeness (QED) is 0.757. The molecule has 0 aliphatic rings. The Bertz CT molecular complexity index is 273. The molecule has 0 amide bonds. The van der Waals surface area contributed by atoms with Crippen molar-refractivity contribution >= 4 is 11.9 Å². The number of carboxylic acid groups (broad SMARTS) is 1. The van der Waals surface area contributed by atoms with E-state index in [9.17, 15) is 14.0 Å². The molecule has 0 spiro atoms. The zero-order valence-electron chi connectivity index (χ0n) is 10.3. The topological polar surface area (TPSA) is 63.6 Å². The number of alkyl halides is 1. The summed E-state index contributed by atoms with van der Waals surface area (Å²) in [5, 5.41) is 8.81. The average molecular weight is 234 g/mol. The lowest BCUT2D eigenvalue weighted by Crippen LogP contribution is -2.36. The minimum absolute atomic E-state index is 0.462. The Morgan fingerprint density at radius 2 is 1.69 bits per heavy atom. The van der Waals surface area contributed by atoms with Crippen LogP contribution in [-0.2, 0) is 14.3 Å². The Labute approximate surface area is 94.8 Å². The number of aliphatic carboxylic acids is 1. The monoisotopic (exact) mass is 234 g/mol. The number of ether oxygens (including phenoxy) is 1. The highest BCUT2D eigenvalue weighted by atomic mass is 19.1. The first kappa shape index (κ1) is 14.9. The van der Waals surface area contributed by atoms with E-state index >= 15 is 0 Å². The van der Waals surface area contributed by atoms with E-state index in [1.54, 1.807) is 20.8 Å². The molecule has 94 valence electrons. The van der Waals surface area contributed by atoms with Gasteiger partial charge in [0.25, 0.3) is 0 Å². The fraction of sp³-hybridized carbons (Fsp3) is 0.818. The molecule has 0 aliphatic heterocycles. The zero-order valence-corrected chi connectivity index (χ0v) is 10.3. The van der Waals surface area contributed by atoms with Gasteiger partial charge in [-0.1, -0.05) is 0 Å². The van der Waals surface area contributed by atoms with Crippen LogP contribution in [0.1, 0.15) is 41.0 Å². The number of rotatable bonds is 4. The second-order valence-corrected chi connectivity index (χ2v) is 5.25. The molecule has 0 fully saturated rings. The van der Waals surface area contributed by atoms with Crippen molar-refractivity contribution in [2.24, 2.45) is 5.92 Å². The Balaban J connectivity index is 4.56. The molecule has 0 rings (SSSR count). The molecule has 0 saturated carbocycles. The van der Waals surface area contributed by atoms with Gasteiger partial charge in [-0.3, -0.25) is 9.59 Å². The molecule has 0 bridgehead atoms. The smallest absolute Gasteiger partial charge is 0.310 e. The van der Waals surface area contributed by atoms with Gasteiger partial charge in [0.1, 0.15) is 17.2 Å². The lowest BCUT2D eigenvalue weighted by Gasteiger charge is -2.25. The lowest BCUT2D eigenvalue weighted by atomic mass is 9.90. The average Bonchev–Trinajstić information content (AvgIpc) is 1.93. The van der Waals surface area contributed by atoms with Crippen LogP contribution >= 0.6 is 0 Å². The summed E-state index contributed by atoms with van der Waals surface area (Å²) in [7, 11) is 0. The molecule has 4 nitrogen and oxygen atoms in total. The Hall–Kier alpha value is -1.13. The van der Waals surface area contributed by atoms with Crippen LogP contribution in [0, 0.1) is 5.92 Å². The number of hydrogen-bond donors (Lipinski definition) is 1. The molecule has 16 heavy (non-hydrogen) atoms. The first-order valence-corrected chi connectivity index (χ1v) is 5.07. The van der Waals surface area contributed by atoms with Crippen LogP contribution < -0.4 is 0 Å². The van der Waals surface area contributed by atoms with Gasteiger partial charge in [0, 0.05) is 0 Å². The normalized spacial score (nSPS) is 14.4. The van der Waals surface area contributed by atoms with E-state index < -0.39 is 35.5 Å². The van der Waals surface area contributed by atoms with Gasteiger partial charge >= 0.3 is 11.9 Å². The van der Waals surface area contributed by atoms with E-state index in [0.29, 0.717) is 0 Å². The van der Waals surface area contributed by atoms with Crippen molar-refractivity contribution in [2.75, 3.05) is 0 Å². The maximum atomic E-state index is 13.5. The van der Waals surface area contributed by atoms with Gasteiger partial charge in [-0.05, 0) is 34.6 Å². The molecule has 0 aromatic rings. The van der Waals surface area contributed by atoms with Gasteiger partial charge in [-0.25, -0.2) is 4.39 Å². The Morgan fingerprint density at radius 3 is 1.94 bits per heavy atom. The first-order valence-electron chi connectivity index (χ1n) is 5.07. The summed E-state index contributed by atoms with van der Waals surface area (Å²) in [6.45, 7) is 7.27. The van der Waals surface area contributed by atoms with Gasteiger partial charge in [0.05, 0.1) is 6.42 Å². The van der Waals surface area contributed by atoms with E-state index in [0.717, 1.165) is 13.8 Å². The van der Waals surface area contributed by atoms with Crippen molar-refractivity contribution in [3.8, 4) is 0 Å². The second-order valence-electron chi connectivity index (χ2n) is 5.25. The largest absolute Gasteiger partial charge is 0.481 e. The molecule has 0 radical (unpaired) electrons. The van der Waals surface area contributed by atoms with Crippen molar-refractivity contribution < 1.29 is 23.8 Å². The van der Waals surface area contributed by atoms with Gasteiger partial charge in [0.2, 0.25) is 0 Å². The van der Waals surface area contributed by atoms with Crippen LogP contribution in [0.3, 0.4) is 0 Å². The van der Waals surface area contributed by atoms with Crippen LogP contribution in [-0.4, -0.2) is 28.3 Å². The minimum atomic E-state index is -1.96. The summed E-state index contributed by atoms with van der Waals surface area (Å²) in [5.74, 6) is -3.42. The van der Waals surface area contributed by atoms with Crippen molar-refractivity contribution in [1.29, 1.82) is 0 Å². The summed E-state index contributed by atoms with van der Waals surface area (Å²) >= 11 is 0. The maximum Gasteiger partial charge on any atom is 0.310 e. The SMILES string of the molecule is CC(C)(C)OC(=O)CC(C(=O)O)C(C)(C)F. The molecule has 1 unspecified atom stereocenters. The number of hydrogen-bond acceptors (Lipinski definition) is 3. The van der Waals surface area contributed by atoms with Crippen LogP contribution in [0.15, 0.2) is 0 Å². The minimum Gasteiger partial charge on any atom is -0.481 e. The lowest BCUT2D eigenvalue weighted by molar-refractivity contribution is -0.163. The predicted octanol–water partition coefficient (Wildman–Crippen LogP) is 2.17. The number of halogens is 1. The molecular formula is C11H19FO4. The molecule has 0 aromatic carbocycles. The first-order chi connectivity index (χ1) is 6.93. The standard InChI is InChI=1S/C11H19FO4/c1-10(2,3)16-8(13)6-7(9(14)15)11(4,5)12/h7H,6H2,1-5H3,(H,14,15). The Kier molecular flexibility index (Phi) is 4.46. The third kappa shape index (κ3) is 5.68. The molecular weight excluding hydrogens is 215 g/mol. The van der Waals surface area contributed by atoms with Gasteiger partial charge in [0.15, 0.2) is 0 Å². The second kappa shape index (κ2) is 4.80. The van der Waals surface area contributed by atoms with E-state index in [-0.39, 0.29) is 0 Å². The fourth-order valence-electron chi connectivity index (χ4n) is 1.17. The van der Waals surface area contributed by atoms with Crippen LogP contribution in [0.2, 0.25) is 0 Å². The molecule has 0 heterocycles. The van der Waals surface area contributed by atoms with Crippen LogP contribution in [0.25, 0.3) is 0 Å². The predicted molar refractivity (Wildman–Crippen MR) is 56.8 cm³/mol. The summed E-state index contributed by atoms with van der Waals surface area (Å²) in [6, 6.07) is 0. The van der Waals surface area contributed by atoms with Crippen molar-refractivity contribution in [3.05, 3.63) is 0 Å². The molecule has 1 N–H and O–H groups in total. The van der Waals surface area contributed by atoms with Crippen LogP contribution in [0.4, 0.5) is 4.39 Å². The molecule has 0 saturated heterocycles. The van der Waals surface area contributed by atoms with Crippen molar-refractivity contribution in [1.82, 2.24) is 0 Å². The third-order valence-electron chi connectivity index (χ3n) is 1.92. The van der Waals surface area contributed by atoms with Crippen LogP contribution in [0.5, 0.6) is 0 Å². The van der Waals surface area contributed by atoms with E-state index in [1.807, 2.05) is 0 Å². The summed E-state index contributed by atoms with van der Waals surface area (Å²) < 4.78 is 18.5. The Morgan fingerprint density at radius 1 is 1.25 bits per heavy atom. The van der Waals surface area contributed by atoms with E-state index in [1.165, 1.54) is 0 Å². The van der Waals surface area contributed by atoms with Crippen molar-refractivity contribution in [2.45, 2.75) is 52.3 Å². The third-order valence-corrected chi connectivity index (χ3v) is 1.92. The molecule has 0 aromatic heterocycles. The molecule has 0 aliphatic carbocycles. The highest BCUT2D eigenvalue weighted by Crippen LogP contribution is 2.26. The van der Waals surface area contributed by atoms with Gasteiger partial charge in [-0.15, -0.1) is 0 Å². The fourth-order valence-corrected chi connectivity index (χ4v) is 1.17. The zero-order chi connectivity index (χ0) is 13.1.